The molecule has 0 fully saturated rings. The van der Waals surface area contributed by atoms with Crippen molar-refractivity contribution in [2.24, 2.45) is 11.3 Å². The van der Waals surface area contributed by atoms with Crippen LogP contribution in [0.2, 0.25) is 0 Å². The summed E-state index contributed by atoms with van der Waals surface area (Å²) in [4.78, 5) is 11.8. The maximum atomic E-state index is 11.8. The van der Waals surface area contributed by atoms with Crippen LogP contribution in [0.4, 0.5) is 0 Å². The van der Waals surface area contributed by atoms with Gasteiger partial charge in [-0.2, -0.15) is 0 Å². The van der Waals surface area contributed by atoms with Gasteiger partial charge in [0.05, 0.1) is 12.5 Å². The lowest BCUT2D eigenvalue weighted by molar-refractivity contribution is -0.151. The molecule has 0 saturated heterocycles. The van der Waals surface area contributed by atoms with Crippen LogP contribution in [-0.2, 0) is 16.0 Å². The van der Waals surface area contributed by atoms with Gasteiger partial charge in [0.25, 0.3) is 0 Å². The van der Waals surface area contributed by atoms with Gasteiger partial charge in [-0.1, -0.05) is 58.0 Å². The number of benzene rings is 1. The minimum absolute atomic E-state index is 0.0379. The Morgan fingerprint density at radius 3 is 2.35 bits per heavy atom. The van der Waals surface area contributed by atoms with E-state index in [0.717, 1.165) is 6.42 Å². The predicted molar refractivity (Wildman–Crippen MR) is 69.7 cm³/mol. The van der Waals surface area contributed by atoms with Crippen molar-refractivity contribution in [2.45, 2.75) is 34.1 Å². The Labute approximate surface area is 104 Å². The van der Waals surface area contributed by atoms with Gasteiger partial charge in [0.1, 0.15) is 0 Å². The van der Waals surface area contributed by atoms with Crippen molar-refractivity contribution in [1.29, 1.82) is 0 Å². The summed E-state index contributed by atoms with van der Waals surface area (Å²) in [6, 6.07) is 10.1. The Bertz CT molecular complexity index is 349. The molecule has 1 rings (SSSR count). The first-order chi connectivity index (χ1) is 7.91. The van der Waals surface area contributed by atoms with Crippen molar-refractivity contribution in [1.82, 2.24) is 0 Å². The molecule has 0 aliphatic heterocycles. The normalized spacial score (nSPS) is 13.2. The highest BCUT2D eigenvalue weighted by Crippen LogP contribution is 2.26. The fourth-order valence-corrected chi connectivity index (χ4v) is 1.39. The van der Waals surface area contributed by atoms with Crippen LogP contribution in [-0.4, -0.2) is 12.6 Å². The molecule has 0 radical (unpaired) electrons. The van der Waals surface area contributed by atoms with Crippen LogP contribution in [0.1, 0.15) is 33.3 Å². The highest BCUT2D eigenvalue weighted by Gasteiger charge is 2.27. The van der Waals surface area contributed by atoms with Crippen LogP contribution in [0.5, 0.6) is 0 Å². The van der Waals surface area contributed by atoms with E-state index in [1.54, 1.807) is 0 Å². The molecule has 17 heavy (non-hydrogen) atoms. The minimum Gasteiger partial charge on any atom is -0.465 e. The monoisotopic (exact) mass is 234 g/mol. The van der Waals surface area contributed by atoms with Gasteiger partial charge in [0.15, 0.2) is 0 Å². The molecule has 1 atom stereocenters. The lowest BCUT2D eigenvalue weighted by Gasteiger charge is -2.25. The molecule has 94 valence electrons. The topological polar surface area (TPSA) is 26.3 Å². The molecule has 0 amide bonds. The number of rotatable bonds is 4. The zero-order valence-electron chi connectivity index (χ0n) is 11.2. The first kappa shape index (κ1) is 13.8. The molecule has 0 spiro atoms. The second kappa shape index (κ2) is 5.85. The average Bonchev–Trinajstić information content (AvgIpc) is 2.28. The van der Waals surface area contributed by atoms with E-state index < -0.39 is 0 Å². The lowest BCUT2D eigenvalue weighted by atomic mass is 9.82. The van der Waals surface area contributed by atoms with Crippen LogP contribution in [0.3, 0.4) is 0 Å². The third-order valence-electron chi connectivity index (χ3n) is 3.13. The quantitative estimate of drug-likeness (QED) is 0.746. The van der Waals surface area contributed by atoms with Gasteiger partial charge in [0.2, 0.25) is 0 Å². The summed E-state index contributed by atoms with van der Waals surface area (Å²) in [6.45, 7) is 8.54. The zero-order chi connectivity index (χ0) is 12.9. The van der Waals surface area contributed by atoms with E-state index >= 15 is 0 Å². The first-order valence-corrected chi connectivity index (χ1v) is 6.12. The van der Waals surface area contributed by atoms with Crippen LogP contribution in [0, 0.1) is 11.3 Å². The third-order valence-corrected chi connectivity index (χ3v) is 3.13. The molecule has 0 aliphatic rings. The van der Waals surface area contributed by atoms with E-state index in [1.807, 2.05) is 37.3 Å². The molecule has 1 unspecified atom stereocenters. The molecule has 1 aromatic carbocycles. The molecular formula is C15H22O2. The molecule has 2 nitrogen and oxygen atoms in total. The van der Waals surface area contributed by atoms with Gasteiger partial charge in [-0.3, -0.25) is 4.79 Å². The fraction of sp³-hybridized carbons (Fsp3) is 0.533. The Kier molecular flexibility index (Phi) is 4.73. The average molecular weight is 234 g/mol. The van der Waals surface area contributed by atoms with Gasteiger partial charge in [-0.25, -0.2) is 0 Å². The van der Waals surface area contributed by atoms with Crippen LogP contribution in [0.25, 0.3) is 0 Å². The van der Waals surface area contributed by atoms with Gasteiger partial charge >= 0.3 is 5.97 Å². The number of ether oxygens (including phenoxy) is 1. The van der Waals surface area contributed by atoms with Crippen LogP contribution < -0.4 is 0 Å². The number of hydrogen-bond acceptors (Lipinski definition) is 2. The summed E-state index contributed by atoms with van der Waals surface area (Å²) in [5.74, 6) is -0.174. The minimum atomic E-state index is -0.103. The van der Waals surface area contributed by atoms with E-state index in [4.69, 9.17) is 4.74 Å². The van der Waals surface area contributed by atoms with Crippen molar-refractivity contribution < 1.29 is 9.53 Å². The molecular weight excluding hydrogens is 212 g/mol. The zero-order valence-corrected chi connectivity index (χ0v) is 11.2. The van der Waals surface area contributed by atoms with E-state index in [-0.39, 0.29) is 17.3 Å². The molecule has 2 heteroatoms. The van der Waals surface area contributed by atoms with Crippen molar-refractivity contribution in [2.75, 3.05) is 6.61 Å². The second-order valence-electron chi connectivity index (χ2n) is 5.49. The molecule has 0 bridgehead atoms. The number of esters is 1. The highest BCUT2D eigenvalue weighted by molar-refractivity contribution is 5.72. The Morgan fingerprint density at radius 1 is 1.24 bits per heavy atom. The smallest absolute Gasteiger partial charge is 0.309 e. The van der Waals surface area contributed by atoms with Gasteiger partial charge in [0, 0.05) is 6.42 Å². The van der Waals surface area contributed by atoms with Crippen molar-refractivity contribution in [3.05, 3.63) is 35.9 Å². The summed E-state index contributed by atoms with van der Waals surface area (Å²) in [6.07, 6.45) is 0.781. The maximum Gasteiger partial charge on any atom is 0.309 e. The number of hydrogen-bond donors (Lipinski definition) is 0. The van der Waals surface area contributed by atoms with E-state index in [9.17, 15) is 4.79 Å². The standard InChI is InChI=1S/C15H22O2/c1-12(15(2,3)4)14(16)17-11-10-13-8-6-5-7-9-13/h5-9,12H,10-11H2,1-4H3. The first-order valence-electron chi connectivity index (χ1n) is 6.12. The van der Waals surface area contributed by atoms with Crippen molar-refractivity contribution in [3.63, 3.8) is 0 Å². The van der Waals surface area contributed by atoms with Gasteiger partial charge in [-0.05, 0) is 11.0 Å². The Hall–Kier alpha value is -1.31. The largest absolute Gasteiger partial charge is 0.465 e. The molecule has 0 saturated carbocycles. The van der Waals surface area contributed by atoms with Crippen LogP contribution >= 0.6 is 0 Å². The fourth-order valence-electron chi connectivity index (χ4n) is 1.39. The lowest BCUT2D eigenvalue weighted by Crippen LogP contribution is -2.28. The van der Waals surface area contributed by atoms with Gasteiger partial charge < -0.3 is 4.74 Å². The third kappa shape index (κ3) is 4.59. The van der Waals surface area contributed by atoms with Crippen molar-refractivity contribution in [3.8, 4) is 0 Å². The van der Waals surface area contributed by atoms with E-state index in [0.29, 0.717) is 6.61 Å². The van der Waals surface area contributed by atoms with E-state index in [1.165, 1.54) is 5.56 Å². The molecule has 0 heterocycles. The molecule has 1 aromatic rings. The summed E-state index contributed by atoms with van der Waals surface area (Å²) < 4.78 is 5.30. The molecule has 0 aromatic heterocycles. The summed E-state index contributed by atoms with van der Waals surface area (Å²) >= 11 is 0. The second-order valence-corrected chi connectivity index (χ2v) is 5.49. The van der Waals surface area contributed by atoms with E-state index in [2.05, 4.69) is 20.8 Å². The Morgan fingerprint density at radius 2 is 1.82 bits per heavy atom. The SMILES string of the molecule is CC(C(=O)OCCc1ccccc1)C(C)(C)C. The number of carbonyl (C=O) groups excluding carboxylic acids is 1. The number of carbonyl (C=O) groups is 1. The van der Waals surface area contributed by atoms with Gasteiger partial charge in [-0.15, -0.1) is 0 Å². The Balaban J connectivity index is 2.35. The van der Waals surface area contributed by atoms with Crippen molar-refractivity contribution >= 4 is 5.97 Å². The van der Waals surface area contributed by atoms with Crippen LogP contribution in [0.15, 0.2) is 30.3 Å². The summed E-state index contributed by atoms with van der Waals surface area (Å²) in [5, 5.41) is 0. The summed E-state index contributed by atoms with van der Waals surface area (Å²) in [5.41, 5.74) is 1.16. The maximum absolute atomic E-state index is 11.8. The highest BCUT2D eigenvalue weighted by atomic mass is 16.5. The molecule has 0 aliphatic carbocycles. The summed E-state index contributed by atoms with van der Waals surface area (Å²) in [7, 11) is 0. The molecule has 0 N–H and O–H groups in total. The predicted octanol–water partition coefficient (Wildman–Crippen LogP) is 3.45.